The molecule has 3 aromatic rings. The van der Waals surface area contributed by atoms with Gasteiger partial charge in [0.1, 0.15) is 17.8 Å². The van der Waals surface area contributed by atoms with Crippen molar-refractivity contribution >= 4 is 10.9 Å². The molecule has 0 amide bonds. The molecule has 2 aromatic carbocycles. The van der Waals surface area contributed by atoms with E-state index in [1.165, 1.54) is 12.1 Å². The van der Waals surface area contributed by atoms with Crippen molar-refractivity contribution in [3.05, 3.63) is 65.7 Å². The molecular weight excluding hydrogens is 298 g/mol. The second-order valence-corrected chi connectivity index (χ2v) is 5.98. The van der Waals surface area contributed by atoms with Gasteiger partial charge in [0.25, 0.3) is 0 Å². The molecule has 1 N–H and O–H groups in total. The first kappa shape index (κ1) is 14.1. The Hall–Kier alpha value is -2.56. The first-order chi connectivity index (χ1) is 11.1. The topological polar surface area (TPSA) is 46.0 Å². The van der Waals surface area contributed by atoms with Crippen LogP contribution in [-0.4, -0.2) is 21.2 Å². The van der Waals surface area contributed by atoms with Gasteiger partial charge in [-0.15, -0.1) is 0 Å². The van der Waals surface area contributed by atoms with Crippen LogP contribution in [0.3, 0.4) is 0 Å². The van der Waals surface area contributed by atoms with E-state index in [-0.39, 0.29) is 24.5 Å². The molecule has 5 heteroatoms. The zero-order valence-corrected chi connectivity index (χ0v) is 12.2. The fraction of sp³-hybridized carbons (Fsp3) is 0.222. The van der Waals surface area contributed by atoms with Crippen LogP contribution in [0.25, 0.3) is 10.9 Å². The van der Waals surface area contributed by atoms with Crippen LogP contribution >= 0.6 is 0 Å². The van der Waals surface area contributed by atoms with Gasteiger partial charge in [-0.05, 0) is 42.7 Å². The van der Waals surface area contributed by atoms with Crippen molar-refractivity contribution in [1.29, 1.82) is 0 Å². The monoisotopic (exact) mass is 312 g/mol. The number of alkyl halides is 1. The van der Waals surface area contributed by atoms with Gasteiger partial charge in [-0.3, -0.25) is 0 Å². The molecule has 4 rings (SSSR count). The minimum absolute atomic E-state index is 0.116. The summed E-state index contributed by atoms with van der Waals surface area (Å²) in [4.78, 5) is 8.74. The molecule has 1 heterocycles. The predicted octanol–water partition coefficient (Wildman–Crippen LogP) is 3.89. The van der Waals surface area contributed by atoms with E-state index in [1.807, 2.05) is 6.07 Å². The summed E-state index contributed by atoms with van der Waals surface area (Å²) in [5.41, 5.74) is 0.663. The Balaban J connectivity index is 1.90. The normalized spacial score (nSPS) is 23.7. The van der Waals surface area contributed by atoms with Gasteiger partial charge >= 0.3 is 0 Å². The third-order valence-electron chi connectivity index (χ3n) is 4.55. The van der Waals surface area contributed by atoms with Gasteiger partial charge in [0.15, 0.2) is 0 Å². The van der Waals surface area contributed by atoms with Crippen molar-refractivity contribution in [1.82, 2.24) is 9.97 Å². The highest BCUT2D eigenvalue weighted by Gasteiger charge is 2.50. The second-order valence-electron chi connectivity index (χ2n) is 5.98. The van der Waals surface area contributed by atoms with Crippen LogP contribution in [0.2, 0.25) is 0 Å². The SMILES string of the molecule is Oc1nc([C@]2(c3ccc(F)cc3)C[C@@H](F)C2)nc2ccccc12. The fourth-order valence-corrected chi connectivity index (χ4v) is 3.29. The summed E-state index contributed by atoms with van der Waals surface area (Å²) in [6.45, 7) is 0. The lowest BCUT2D eigenvalue weighted by atomic mass is 9.62. The minimum atomic E-state index is -0.947. The van der Waals surface area contributed by atoms with Crippen LogP contribution in [0.15, 0.2) is 48.5 Å². The molecule has 1 saturated carbocycles. The van der Waals surface area contributed by atoms with Gasteiger partial charge in [0, 0.05) is 0 Å². The standard InChI is InChI=1S/C18H14F2N2O/c19-12-7-5-11(6-8-12)18(9-13(20)10-18)17-21-15-4-2-1-3-14(15)16(23)22-17/h1-8,13H,9-10H2,(H,21,22,23)/t13-,18-. The molecule has 1 aliphatic rings. The van der Waals surface area contributed by atoms with E-state index in [9.17, 15) is 13.9 Å². The molecule has 0 atom stereocenters. The smallest absolute Gasteiger partial charge is 0.222 e. The molecule has 1 aromatic heterocycles. The Bertz CT molecular complexity index is 874. The van der Waals surface area contributed by atoms with Crippen molar-refractivity contribution in [3.8, 4) is 5.88 Å². The van der Waals surface area contributed by atoms with E-state index in [1.54, 1.807) is 30.3 Å². The summed E-state index contributed by atoms with van der Waals surface area (Å²) >= 11 is 0. The summed E-state index contributed by atoms with van der Waals surface area (Å²) in [5.74, 6) is -0.0779. The Labute approximate surface area is 131 Å². The van der Waals surface area contributed by atoms with Crippen LogP contribution in [0.5, 0.6) is 5.88 Å². The Kier molecular flexibility index (Phi) is 3.04. The van der Waals surface area contributed by atoms with E-state index in [0.29, 0.717) is 16.7 Å². The highest BCUT2D eigenvalue weighted by molar-refractivity contribution is 5.83. The molecule has 0 spiro atoms. The molecule has 116 valence electrons. The highest BCUT2D eigenvalue weighted by atomic mass is 19.1. The number of fused-ring (bicyclic) bond motifs is 1. The number of rotatable bonds is 2. The van der Waals surface area contributed by atoms with Gasteiger partial charge in [0.2, 0.25) is 5.88 Å². The zero-order valence-electron chi connectivity index (χ0n) is 12.2. The molecular formula is C18H14F2N2O. The number of benzene rings is 2. The van der Waals surface area contributed by atoms with Gasteiger partial charge in [-0.25, -0.2) is 13.8 Å². The summed E-state index contributed by atoms with van der Waals surface area (Å²) in [7, 11) is 0. The third-order valence-corrected chi connectivity index (χ3v) is 4.55. The molecule has 1 aliphatic carbocycles. The van der Waals surface area contributed by atoms with Gasteiger partial charge in [-0.2, -0.15) is 4.98 Å². The average Bonchev–Trinajstić information content (AvgIpc) is 2.52. The van der Waals surface area contributed by atoms with Crippen LogP contribution in [0.1, 0.15) is 24.2 Å². The van der Waals surface area contributed by atoms with E-state index >= 15 is 0 Å². The molecule has 0 bridgehead atoms. The lowest BCUT2D eigenvalue weighted by molar-refractivity contribution is 0.116. The van der Waals surface area contributed by atoms with Crippen molar-refractivity contribution < 1.29 is 13.9 Å². The third kappa shape index (κ3) is 2.15. The fourth-order valence-electron chi connectivity index (χ4n) is 3.29. The van der Waals surface area contributed by atoms with Crippen molar-refractivity contribution in [2.75, 3.05) is 0 Å². The maximum absolute atomic E-state index is 13.7. The van der Waals surface area contributed by atoms with Crippen molar-refractivity contribution in [3.63, 3.8) is 0 Å². The van der Waals surface area contributed by atoms with E-state index in [2.05, 4.69) is 9.97 Å². The number of aromatic nitrogens is 2. The van der Waals surface area contributed by atoms with Gasteiger partial charge in [-0.1, -0.05) is 24.3 Å². The van der Waals surface area contributed by atoms with Crippen molar-refractivity contribution in [2.24, 2.45) is 0 Å². The number of nitrogens with zero attached hydrogens (tertiary/aromatic N) is 2. The van der Waals surface area contributed by atoms with Crippen LogP contribution in [-0.2, 0) is 5.41 Å². The summed E-state index contributed by atoms with van der Waals surface area (Å²) in [6.07, 6.45) is -0.482. The molecule has 0 unspecified atom stereocenters. The largest absolute Gasteiger partial charge is 0.493 e. The Morgan fingerprint density at radius 2 is 1.70 bits per heavy atom. The van der Waals surface area contributed by atoms with E-state index in [4.69, 9.17) is 0 Å². The summed E-state index contributed by atoms with van der Waals surface area (Å²) in [6, 6.07) is 13.1. The molecule has 0 saturated heterocycles. The minimum Gasteiger partial charge on any atom is -0.493 e. The number of hydrogen-bond donors (Lipinski definition) is 1. The van der Waals surface area contributed by atoms with E-state index < -0.39 is 11.6 Å². The zero-order chi connectivity index (χ0) is 16.0. The number of halogens is 2. The highest BCUT2D eigenvalue weighted by Crippen LogP contribution is 2.49. The molecule has 0 aliphatic heterocycles. The number of hydrogen-bond acceptors (Lipinski definition) is 3. The van der Waals surface area contributed by atoms with Crippen LogP contribution in [0.4, 0.5) is 8.78 Å². The lowest BCUT2D eigenvalue weighted by Crippen LogP contribution is -2.45. The number of para-hydroxylation sites is 1. The number of aromatic hydroxyl groups is 1. The average molecular weight is 312 g/mol. The summed E-state index contributed by atoms with van der Waals surface area (Å²) < 4.78 is 26.9. The molecule has 3 nitrogen and oxygen atoms in total. The molecule has 0 radical (unpaired) electrons. The Morgan fingerprint density at radius 1 is 1.00 bits per heavy atom. The first-order valence-electron chi connectivity index (χ1n) is 7.45. The molecule has 23 heavy (non-hydrogen) atoms. The van der Waals surface area contributed by atoms with Gasteiger partial charge in [0.05, 0.1) is 16.3 Å². The Morgan fingerprint density at radius 3 is 2.39 bits per heavy atom. The van der Waals surface area contributed by atoms with Crippen molar-refractivity contribution in [2.45, 2.75) is 24.4 Å². The van der Waals surface area contributed by atoms with E-state index in [0.717, 1.165) is 5.56 Å². The van der Waals surface area contributed by atoms with Crippen LogP contribution < -0.4 is 0 Å². The quantitative estimate of drug-likeness (QED) is 0.781. The maximum Gasteiger partial charge on any atom is 0.222 e. The van der Waals surface area contributed by atoms with Gasteiger partial charge < -0.3 is 5.11 Å². The second kappa shape index (κ2) is 4.98. The predicted molar refractivity (Wildman–Crippen MR) is 82.5 cm³/mol. The molecule has 1 fully saturated rings. The van der Waals surface area contributed by atoms with Crippen LogP contribution in [0, 0.1) is 5.82 Å². The summed E-state index contributed by atoms with van der Waals surface area (Å²) in [5, 5.41) is 10.7. The maximum atomic E-state index is 13.7. The lowest BCUT2D eigenvalue weighted by Gasteiger charge is -2.43. The first-order valence-corrected chi connectivity index (χ1v) is 7.45.